The highest BCUT2D eigenvalue weighted by Crippen LogP contribution is 2.37. The highest BCUT2D eigenvalue weighted by atomic mass is 19.3. The molecule has 1 N–H and O–H groups in total. The molecule has 2 heterocycles. The quantitative estimate of drug-likeness (QED) is 0.520. The molecule has 2 aromatic rings. The molecule has 0 radical (unpaired) electrons. The maximum Gasteiger partial charge on any atom is 0.410 e. The second kappa shape index (κ2) is 11.0. The van der Waals surface area contributed by atoms with Crippen molar-refractivity contribution < 1.29 is 27.8 Å². The van der Waals surface area contributed by atoms with Gasteiger partial charge in [-0.2, -0.15) is 8.78 Å². The number of piperidine rings is 1. The Hall–Kier alpha value is -3.20. The second-order valence-corrected chi connectivity index (χ2v) is 10.5. The van der Waals surface area contributed by atoms with Crippen molar-refractivity contribution >= 4 is 17.7 Å². The average Bonchev–Trinajstić information content (AvgIpc) is 2.85. The topological polar surface area (TPSA) is 71.1 Å². The van der Waals surface area contributed by atoms with Crippen molar-refractivity contribution in [2.75, 3.05) is 18.6 Å². The van der Waals surface area contributed by atoms with Gasteiger partial charge < -0.3 is 14.8 Å². The number of alkyl halides is 2. The summed E-state index contributed by atoms with van der Waals surface area (Å²) < 4.78 is 38.7. The van der Waals surface area contributed by atoms with Gasteiger partial charge in [-0.05, 0) is 63.3 Å². The standard InChI is InChI=1S/C28H35F2N3O4/c1-28(2,3)37-27(35)32-14-8-11-21(25(32)18-9-6-5-7-10-18)31-17-20-15-22-19(16-23(20)36-4)12-13-24(34)33(22)26(29)30/h5-7,9-10,15-16,21,25-26,31H,8,11-14,17H2,1-4H3. The smallest absolute Gasteiger partial charge is 0.410 e. The van der Waals surface area contributed by atoms with Gasteiger partial charge in [0.1, 0.15) is 11.4 Å². The van der Waals surface area contributed by atoms with Gasteiger partial charge in [-0.15, -0.1) is 0 Å². The van der Waals surface area contributed by atoms with E-state index >= 15 is 0 Å². The van der Waals surface area contributed by atoms with Gasteiger partial charge in [0.05, 0.1) is 18.8 Å². The Morgan fingerprint density at radius 2 is 1.89 bits per heavy atom. The number of benzene rings is 2. The number of carbonyl (C=O) groups excluding carboxylic acids is 2. The summed E-state index contributed by atoms with van der Waals surface area (Å²) in [5.41, 5.74) is 1.92. The molecule has 0 saturated carbocycles. The van der Waals surface area contributed by atoms with Gasteiger partial charge in [-0.3, -0.25) is 14.6 Å². The normalized spacial score (nSPS) is 20.1. The molecule has 2 atom stereocenters. The van der Waals surface area contributed by atoms with Gasteiger partial charge in [0.2, 0.25) is 5.91 Å². The van der Waals surface area contributed by atoms with Crippen molar-refractivity contribution in [3.8, 4) is 5.75 Å². The zero-order valence-electron chi connectivity index (χ0n) is 21.8. The minimum absolute atomic E-state index is 0.0411. The Bertz CT molecular complexity index is 1120. The maximum atomic E-state index is 13.7. The van der Waals surface area contributed by atoms with Crippen molar-refractivity contribution in [2.24, 2.45) is 0 Å². The minimum Gasteiger partial charge on any atom is -0.496 e. The molecule has 9 heteroatoms. The summed E-state index contributed by atoms with van der Waals surface area (Å²) in [5.74, 6) is -0.0121. The van der Waals surface area contributed by atoms with Crippen LogP contribution in [0.25, 0.3) is 0 Å². The molecular formula is C28H35F2N3O4. The maximum absolute atomic E-state index is 13.7. The van der Waals surface area contributed by atoms with Crippen LogP contribution in [0.5, 0.6) is 5.75 Å². The summed E-state index contributed by atoms with van der Waals surface area (Å²) >= 11 is 0. The molecule has 1 fully saturated rings. The largest absolute Gasteiger partial charge is 0.496 e. The molecule has 2 unspecified atom stereocenters. The van der Waals surface area contributed by atoms with E-state index in [0.717, 1.165) is 18.4 Å². The second-order valence-electron chi connectivity index (χ2n) is 10.5. The molecule has 2 aromatic carbocycles. The lowest BCUT2D eigenvalue weighted by atomic mass is 9.90. The van der Waals surface area contributed by atoms with Crippen LogP contribution in [0.4, 0.5) is 19.3 Å². The fourth-order valence-corrected chi connectivity index (χ4v) is 5.16. The van der Waals surface area contributed by atoms with E-state index in [0.29, 0.717) is 41.3 Å². The number of fused-ring (bicyclic) bond motifs is 1. The zero-order chi connectivity index (χ0) is 26.7. The van der Waals surface area contributed by atoms with Gasteiger partial charge in [0, 0.05) is 31.1 Å². The fourth-order valence-electron chi connectivity index (χ4n) is 5.16. The first-order valence-electron chi connectivity index (χ1n) is 12.7. The lowest BCUT2D eigenvalue weighted by molar-refractivity contribution is -0.121. The number of hydrogen-bond acceptors (Lipinski definition) is 5. The van der Waals surface area contributed by atoms with Crippen molar-refractivity contribution in [2.45, 2.75) is 77.2 Å². The van der Waals surface area contributed by atoms with Crippen LogP contribution in [0.1, 0.15) is 62.8 Å². The van der Waals surface area contributed by atoms with Gasteiger partial charge >= 0.3 is 12.6 Å². The van der Waals surface area contributed by atoms with E-state index in [1.54, 1.807) is 24.1 Å². The summed E-state index contributed by atoms with van der Waals surface area (Å²) in [6, 6.07) is 12.8. The van der Waals surface area contributed by atoms with Crippen LogP contribution >= 0.6 is 0 Å². The number of amides is 2. The number of nitrogens with zero attached hydrogens (tertiary/aromatic N) is 2. The molecule has 0 aromatic heterocycles. The minimum atomic E-state index is -2.91. The summed E-state index contributed by atoms with van der Waals surface area (Å²) in [5, 5.41) is 3.55. The van der Waals surface area contributed by atoms with Gasteiger partial charge in [-0.1, -0.05) is 30.3 Å². The van der Waals surface area contributed by atoms with Crippen LogP contribution in [0.3, 0.4) is 0 Å². The summed E-state index contributed by atoms with van der Waals surface area (Å²) in [6.45, 7) is 3.51. The molecule has 0 bridgehead atoms. The predicted molar refractivity (Wildman–Crippen MR) is 137 cm³/mol. The van der Waals surface area contributed by atoms with Crippen molar-refractivity contribution in [3.05, 3.63) is 59.2 Å². The molecule has 7 nitrogen and oxygen atoms in total. The van der Waals surface area contributed by atoms with E-state index in [-0.39, 0.29) is 30.3 Å². The number of ether oxygens (including phenoxy) is 2. The fraction of sp³-hybridized carbons (Fsp3) is 0.500. The third-order valence-corrected chi connectivity index (χ3v) is 6.77. The highest BCUT2D eigenvalue weighted by Gasteiger charge is 2.38. The molecule has 4 rings (SSSR count). The lowest BCUT2D eigenvalue weighted by Crippen LogP contribution is -2.51. The number of rotatable bonds is 6. The third-order valence-electron chi connectivity index (χ3n) is 6.77. The molecule has 2 aliphatic rings. The summed E-state index contributed by atoms with van der Waals surface area (Å²) in [6.07, 6.45) is 1.67. The molecular weight excluding hydrogens is 480 g/mol. The molecule has 1 saturated heterocycles. The Morgan fingerprint density at radius 3 is 2.54 bits per heavy atom. The molecule has 37 heavy (non-hydrogen) atoms. The van der Waals surface area contributed by atoms with Crippen LogP contribution in [0.15, 0.2) is 42.5 Å². The van der Waals surface area contributed by atoms with Crippen LogP contribution in [-0.2, 0) is 22.5 Å². The zero-order valence-corrected chi connectivity index (χ0v) is 21.8. The van der Waals surface area contributed by atoms with Crippen molar-refractivity contribution in [1.82, 2.24) is 10.2 Å². The van der Waals surface area contributed by atoms with Gasteiger partial charge in [-0.25, -0.2) is 4.79 Å². The van der Waals surface area contributed by atoms with Gasteiger partial charge in [0.25, 0.3) is 0 Å². The number of anilines is 1. The van der Waals surface area contributed by atoms with Crippen LogP contribution < -0.4 is 15.0 Å². The summed E-state index contributed by atoms with van der Waals surface area (Å²) in [4.78, 5) is 27.7. The highest BCUT2D eigenvalue weighted by molar-refractivity contribution is 5.96. The number of likely N-dealkylation sites (tertiary alicyclic amines) is 1. The molecule has 200 valence electrons. The van der Waals surface area contributed by atoms with E-state index in [4.69, 9.17) is 9.47 Å². The van der Waals surface area contributed by atoms with E-state index in [1.807, 2.05) is 51.1 Å². The SMILES string of the molecule is COc1cc2c(cc1CNC1CCCN(C(=O)OC(C)(C)C)C1c1ccccc1)N(C(F)F)C(=O)CC2. The first-order valence-corrected chi connectivity index (χ1v) is 12.7. The lowest BCUT2D eigenvalue weighted by Gasteiger charge is -2.42. The molecule has 2 amide bonds. The number of aryl methyl sites for hydroxylation is 1. The van der Waals surface area contributed by atoms with Crippen LogP contribution in [-0.4, -0.2) is 48.7 Å². The Kier molecular flexibility index (Phi) is 8.02. The average molecular weight is 516 g/mol. The first kappa shape index (κ1) is 26.9. The summed E-state index contributed by atoms with van der Waals surface area (Å²) in [7, 11) is 1.54. The Morgan fingerprint density at radius 1 is 1.16 bits per heavy atom. The molecule has 0 spiro atoms. The third kappa shape index (κ3) is 6.04. The van der Waals surface area contributed by atoms with Crippen LogP contribution in [0, 0.1) is 0 Å². The molecule has 0 aliphatic carbocycles. The number of carbonyl (C=O) groups is 2. The predicted octanol–water partition coefficient (Wildman–Crippen LogP) is 5.43. The van der Waals surface area contributed by atoms with Crippen molar-refractivity contribution in [3.63, 3.8) is 0 Å². The monoisotopic (exact) mass is 515 g/mol. The van der Waals surface area contributed by atoms with Crippen molar-refractivity contribution in [1.29, 1.82) is 0 Å². The van der Waals surface area contributed by atoms with E-state index in [2.05, 4.69) is 5.32 Å². The number of halogens is 2. The Labute approximate surface area is 216 Å². The van der Waals surface area contributed by atoms with E-state index in [9.17, 15) is 18.4 Å². The number of nitrogens with one attached hydrogen (secondary N) is 1. The molecule has 2 aliphatic heterocycles. The van der Waals surface area contributed by atoms with Crippen LogP contribution in [0.2, 0.25) is 0 Å². The number of methoxy groups -OCH3 is 1. The van der Waals surface area contributed by atoms with Gasteiger partial charge in [0.15, 0.2) is 0 Å². The van der Waals surface area contributed by atoms with E-state index in [1.165, 1.54) is 0 Å². The Balaban J connectivity index is 1.62. The van der Waals surface area contributed by atoms with E-state index < -0.39 is 18.1 Å². The first-order chi connectivity index (χ1) is 17.6. The number of hydrogen-bond donors (Lipinski definition) is 1.